The summed E-state index contributed by atoms with van der Waals surface area (Å²) >= 11 is 7.07. The largest absolute Gasteiger partial charge is 0.497 e. The molecule has 0 unspecified atom stereocenters. The summed E-state index contributed by atoms with van der Waals surface area (Å²) in [6.07, 6.45) is 0.678. The van der Waals surface area contributed by atoms with Crippen LogP contribution in [0.25, 0.3) is 0 Å². The Morgan fingerprint density at radius 3 is 2.66 bits per heavy atom. The molecular formula is C20H19ClN4O3S. The smallest absolute Gasteiger partial charge is 0.286 e. The summed E-state index contributed by atoms with van der Waals surface area (Å²) in [7, 11) is 1.61. The summed E-state index contributed by atoms with van der Waals surface area (Å²) in [5, 5.41) is 14.9. The minimum Gasteiger partial charge on any atom is -0.497 e. The van der Waals surface area contributed by atoms with Crippen LogP contribution in [0.15, 0.2) is 48.5 Å². The van der Waals surface area contributed by atoms with Crippen LogP contribution in [0.2, 0.25) is 5.02 Å². The number of nitrogens with zero attached hydrogens (tertiary/aromatic N) is 2. The van der Waals surface area contributed by atoms with E-state index in [4.69, 9.17) is 16.3 Å². The monoisotopic (exact) mass is 430 g/mol. The molecule has 2 amide bonds. The quantitative estimate of drug-likeness (QED) is 0.568. The van der Waals surface area contributed by atoms with Crippen molar-refractivity contribution in [1.29, 1.82) is 0 Å². The summed E-state index contributed by atoms with van der Waals surface area (Å²) in [6.45, 7) is 0.437. The van der Waals surface area contributed by atoms with Gasteiger partial charge < -0.3 is 15.4 Å². The second-order valence-electron chi connectivity index (χ2n) is 6.09. The number of carbonyl (C=O) groups is 2. The second-order valence-corrected chi connectivity index (χ2v) is 7.59. The van der Waals surface area contributed by atoms with Crippen LogP contribution in [0.3, 0.4) is 0 Å². The van der Waals surface area contributed by atoms with Gasteiger partial charge >= 0.3 is 0 Å². The zero-order valence-electron chi connectivity index (χ0n) is 15.6. The molecule has 0 aliphatic rings. The Kier molecular flexibility index (Phi) is 7.15. The number of benzene rings is 2. The molecule has 0 atom stereocenters. The third-order valence-electron chi connectivity index (χ3n) is 3.96. The molecule has 0 saturated carbocycles. The van der Waals surface area contributed by atoms with Gasteiger partial charge in [0.05, 0.1) is 7.11 Å². The maximum Gasteiger partial charge on any atom is 0.286 e. The molecule has 0 fully saturated rings. The van der Waals surface area contributed by atoms with E-state index in [9.17, 15) is 9.59 Å². The molecule has 0 spiro atoms. The summed E-state index contributed by atoms with van der Waals surface area (Å²) in [4.78, 5) is 24.3. The molecule has 3 rings (SSSR count). The van der Waals surface area contributed by atoms with Gasteiger partial charge in [-0.2, -0.15) is 0 Å². The minimum atomic E-state index is -0.361. The molecule has 150 valence electrons. The highest BCUT2D eigenvalue weighted by Gasteiger charge is 2.14. The third-order valence-corrected chi connectivity index (χ3v) is 5.18. The Hall–Kier alpha value is -2.97. The average Bonchev–Trinajstić information content (AvgIpc) is 3.20. The van der Waals surface area contributed by atoms with Gasteiger partial charge in [-0.25, -0.2) is 0 Å². The van der Waals surface area contributed by atoms with Crippen LogP contribution < -0.4 is 15.4 Å². The van der Waals surface area contributed by atoms with Crippen molar-refractivity contribution in [2.75, 3.05) is 12.4 Å². The van der Waals surface area contributed by atoms with E-state index in [0.717, 1.165) is 22.6 Å². The van der Waals surface area contributed by atoms with Gasteiger partial charge in [0.2, 0.25) is 10.9 Å². The number of anilines is 1. The molecule has 1 heterocycles. The van der Waals surface area contributed by atoms with E-state index in [1.54, 1.807) is 31.4 Å². The first-order valence-electron chi connectivity index (χ1n) is 8.82. The van der Waals surface area contributed by atoms with E-state index in [1.807, 2.05) is 24.3 Å². The van der Waals surface area contributed by atoms with Crippen LogP contribution >= 0.6 is 22.9 Å². The van der Waals surface area contributed by atoms with Crippen molar-refractivity contribution in [1.82, 2.24) is 15.5 Å². The SMILES string of the molecule is COc1ccc(CNC(=O)CCc2nnc(C(=O)Nc3cccc(Cl)c3)s2)cc1. The van der Waals surface area contributed by atoms with Crippen molar-refractivity contribution >= 4 is 40.4 Å². The van der Waals surface area contributed by atoms with Gasteiger partial charge in [-0.05, 0) is 35.9 Å². The standard InChI is InChI=1S/C20H19ClN4O3S/c1-28-16-7-5-13(6-8-16)12-22-17(26)9-10-18-24-25-20(29-18)19(27)23-15-4-2-3-14(21)11-15/h2-8,11H,9-10,12H2,1H3,(H,22,26)(H,23,27). The fraction of sp³-hybridized carbons (Fsp3) is 0.200. The zero-order chi connectivity index (χ0) is 20.6. The molecule has 9 heteroatoms. The van der Waals surface area contributed by atoms with Crippen molar-refractivity contribution in [2.24, 2.45) is 0 Å². The fourth-order valence-electron chi connectivity index (χ4n) is 2.45. The van der Waals surface area contributed by atoms with Crippen LogP contribution in [0.4, 0.5) is 5.69 Å². The van der Waals surface area contributed by atoms with E-state index in [0.29, 0.717) is 28.7 Å². The number of methoxy groups -OCH3 is 1. The van der Waals surface area contributed by atoms with Crippen molar-refractivity contribution in [2.45, 2.75) is 19.4 Å². The van der Waals surface area contributed by atoms with Gasteiger partial charge in [-0.1, -0.05) is 41.1 Å². The summed E-state index contributed by atoms with van der Waals surface area (Å²) in [5.74, 6) is 0.312. The maximum absolute atomic E-state index is 12.2. The number of aryl methyl sites for hydroxylation is 1. The Balaban J connectivity index is 1.45. The molecule has 2 aromatic carbocycles. The summed E-state index contributed by atoms with van der Waals surface area (Å²) in [6, 6.07) is 14.3. The molecule has 2 N–H and O–H groups in total. The molecule has 7 nitrogen and oxygen atoms in total. The van der Waals surface area contributed by atoms with Crippen LogP contribution in [0, 0.1) is 0 Å². The number of carbonyl (C=O) groups excluding carboxylic acids is 2. The predicted molar refractivity (Wildman–Crippen MR) is 112 cm³/mol. The molecule has 0 aliphatic carbocycles. The van der Waals surface area contributed by atoms with Crippen LogP contribution in [-0.4, -0.2) is 29.1 Å². The molecule has 3 aromatic rings. The summed E-state index contributed by atoms with van der Waals surface area (Å²) < 4.78 is 5.11. The average molecular weight is 431 g/mol. The molecule has 29 heavy (non-hydrogen) atoms. The topological polar surface area (TPSA) is 93.2 Å². The third kappa shape index (κ3) is 6.27. The first-order chi connectivity index (χ1) is 14.0. The van der Waals surface area contributed by atoms with Crippen LogP contribution in [0.5, 0.6) is 5.75 Å². The highest BCUT2D eigenvalue weighted by molar-refractivity contribution is 7.13. The molecule has 0 bridgehead atoms. The molecule has 0 aliphatic heterocycles. The number of aromatic nitrogens is 2. The Bertz CT molecular complexity index is 991. The fourth-order valence-corrected chi connectivity index (χ4v) is 3.37. The Morgan fingerprint density at radius 2 is 1.93 bits per heavy atom. The number of nitrogens with one attached hydrogen (secondary N) is 2. The normalized spacial score (nSPS) is 10.4. The number of hydrogen-bond acceptors (Lipinski definition) is 6. The van der Waals surface area contributed by atoms with E-state index < -0.39 is 0 Å². The number of ether oxygens (including phenoxy) is 1. The molecule has 0 saturated heterocycles. The highest BCUT2D eigenvalue weighted by atomic mass is 35.5. The molecular weight excluding hydrogens is 412 g/mol. The van der Waals surface area contributed by atoms with Gasteiger partial charge in [-0.3, -0.25) is 9.59 Å². The lowest BCUT2D eigenvalue weighted by Gasteiger charge is -2.05. The lowest BCUT2D eigenvalue weighted by molar-refractivity contribution is -0.121. The number of rotatable bonds is 8. The van der Waals surface area contributed by atoms with E-state index >= 15 is 0 Å². The van der Waals surface area contributed by atoms with E-state index in [2.05, 4.69) is 20.8 Å². The van der Waals surface area contributed by atoms with Crippen molar-refractivity contribution in [3.05, 3.63) is 69.1 Å². The second kappa shape index (κ2) is 9.99. The zero-order valence-corrected chi connectivity index (χ0v) is 17.2. The maximum atomic E-state index is 12.2. The van der Waals surface area contributed by atoms with Crippen molar-refractivity contribution in [3.63, 3.8) is 0 Å². The lowest BCUT2D eigenvalue weighted by Crippen LogP contribution is -2.22. The predicted octanol–water partition coefficient (Wildman–Crippen LogP) is 3.70. The lowest BCUT2D eigenvalue weighted by atomic mass is 10.2. The number of hydrogen-bond donors (Lipinski definition) is 2. The first kappa shape index (κ1) is 20.8. The first-order valence-corrected chi connectivity index (χ1v) is 10.0. The van der Waals surface area contributed by atoms with Gasteiger partial charge in [-0.15, -0.1) is 10.2 Å². The van der Waals surface area contributed by atoms with Crippen molar-refractivity contribution < 1.29 is 14.3 Å². The van der Waals surface area contributed by atoms with E-state index in [1.165, 1.54) is 0 Å². The van der Waals surface area contributed by atoms with Crippen LogP contribution in [-0.2, 0) is 17.8 Å². The van der Waals surface area contributed by atoms with Gasteiger partial charge in [0, 0.05) is 30.1 Å². The molecule has 1 aromatic heterocycles. The molecule has 0 radical (unpaired) electrons. The minimum absolute atomic E-state index is 0.0963. The van der Waals surface area contributed by atoms with Gasteiger partial charge in [0.1, 0.15) is 10.8 Å². The van der Waals surface area contributed by atoms with Crippen LogP contribution in [0.1, 0.15) is 26.8 Å². The van der Waals surface area contributed by atoms with Crippen molar-refractivity contribution in [3.8, 4) is 5.75 Å². The van der Waals surface area contributed by atoms with Gasteiger partial charge in [0.15, 0.2) is 0 Å². The number of amides is 2. The number of halogens is 1. The highest BCUT2D eigenvalue weighted by Crippen LogP contribution is 2.18. The van der Waals surface area contributed by atoms with Gasteiger partial charge in [0.25, 0.3) is 5.91 Å². The summed E-state index contributed by atoms with van der Waals surface area (Å²) in [5.41, 5.74) is 1.56. The Labute approximate surface area is 177 Å². The Morgan fingerprint density at radius 1 is 1.14 bits per heavy atom. The van der Waals surface area contributed by atoms with E-state index in [-0.39, 0.29) is 23.2 Å².